The minimum Gasteiger partial charge on any atom is -0.496 e. The van der Waals surface area contributed by atoms with Gasteiger partial charge in [0.05, 0.1) is 11.6 Å². The molecule has 1 aromatic rings. The highest BCUT2D eigenvalue weighted by Crippen LogP contribution is 2.31. The van der Waals surface area contributed by atoms with Gasteiger partial charge in [-0.15, -0.1) is 0 Å². The lowest BCUT2D eigenvalue weighted by atomic mass is 10.1. The molecule has 1 atom stereocenters. The van der Waals surface area contributed by atoms with Gasteiger partial charge in [0.2, 0.25) is 0 Å². The molecular formula is C12H16BrNO2. The molecule has 16 heavy (non-hydrogen) atoms. The first kappa shape index (κ1) is 11.7. The molecule has 4 heteroatoms. The number of anilines is 1. The molecule has 0 aromatic heterocycles. The summed E-state index contributed by atoms with van der Waals surface area (Å²) in [7, 11) is 1.66. The number of ether oxygens (including phenoxy) is 1. The molecular weight excluding hydrogens is 270 g/mol. The van der Waals surface area contributed by atoms with Crippen LogP contribution in [0.1, 0.15) is 6.42 Å². The average molecular weight is 286 g/mol. The molecule has 1 unspecified atom stereocenters. The summed E-state index contributed by atoms with van der Waals surface area (Å²) in [5.74, 6) is 1.27. The molecule has 1 aliphatic heterocycles. The second kappa shape index (κ2) is 5.06. The summed E-state index contributed by atoms with van der Waals surface area (Å²) >= 11 is 3.49. The summed E-state index contributed by atoms with van der Waals surface area (Å²) < 4.78 is 6.17. The van der Waals surface area contributed by atoms with E-state index in [9.17, 15) is 0 Å². The zero-order valence-corrected chi connectivity index (χ0v) is 10.9. The highest BCUT2D eigenvalue weighted by atomic mass is 79.9. The van der Waals surface area contributed by atoms with E-state index in [0.29, 0.717) is 5.92 Å². The molecule has 3 nitrogen and oxygen atoms in total. The van der Waals surface area contributed by atoms with E-state index in [1.807, 2.05) is 6.07 Å². The predicted octanol–water partition coefficient (Wildman–Crippen LogP) is 2.28. The second-order valence-electron chi connectivity index (χ2n) is 4.10. The van der Waals surface area contributed by atoms with Gasteiger partial charge in [0, 0.05) is 31.3 Å². The summed E-state index contributed by atoms with van der Waals surface area (Å²) in [4.78, 5) is 2.30. The lowest BCUT2D eigenvalue weighted by molar-refractivity contribution is 0.238. The Balaban J connectivity index is 2.13. The maximum atomic E-state index is 9.11. The number of methoxy groups -OCH3 is 1. The Morgan fingerprint density at radius 1 is 1.56 bits per heavy atom. The zero-order chi connectivity index (χ0) is 11.5. The van der Waals surface area contributed by atoms with Crippen molar-refractivity contribution in [2.45, 2.75) is 6.42 Å². The van der Waals surface area contributed by atoms with Crippen LogP contribution < -0.4 is 9.64 Å². The van der Waals surface area contributed by atoms with Crippen LogP contribution in [0.5, 0.6) is 5.75 Å². The molecule has 0 aliphatic carbocycles. The maximum Gasteiger partial charge on any atom is 0.133 e. The largest absolute Gasteiger partial charge is 0.496 e. The van der Waals surface area contributed by atoms with Gasteiger partial charge in [0.25, 0.3) is 0 Å². The summed E-state index contributed by atoms with van der Waals surface area (Å²) in [5.41, 5.74) is 1.18. The fraction of sp³-hybridized carbons (Fsp3) is 0.500. The first-order valence-electron chi connectivity index (χ1n) is 5.44. The molecule has 1 saturated heterocycles. The Kier molecular flexibility index (Phi) is 3.71. The molecule has 0 spiro atoms. The van der Waals surface area contributed by atoms with Crippen molar-refractivity contribution in [3.05, 3.63) is 22.7 Å². The minimum atomic E-state index is 0.286. The number of rotatable bonds is 3. The van der Waals surface area contributed by atoms with Crippen molar-refractivity contribution in [2.75, 3.05) is 31.7 Å². The summed E-state index contributed by atoms with van der Waals surface area (Å²) in [6.07, 6.45) is 1.07. The Bertz CT molecular complexity index is 370. The van der Waals surface area contributed by atoms with Gasteiger partial charge in [0.15, 0.2) is 0 Å². The van der Waals surface area contributed by atoms with Gasteiger partial charge in [-0.25, -0.2) is 0 Å². The van der Waals surface area contributed by atoms with Gasteiger partial charge in [-0.2, -0.15) is 0 Å². The average Bonchev–Trinajstić information content (AvgIpc) is 2.77. The van der Waals surface area contributed by atoms with E-state index < -0.39 is 0 Å². The van der Waals surface area contributed by atoms with Crippen LogP contribution in [0.25, 0.3) is 0 Å². The SMILES string of the molecule is COc1ccc(N2CCC(CO)C2)cc1Br. The van der Waals surface area contributed by atoms with Gasteiger partial charge >= 0.3 is 0 Å². The van der Waals surface area contributed by atoms with Gasteiger partial charge < -0.3 is 14.7 Å². The van der Waals surface area contributed by atoms with Crippen LogP contribution in [0.15, 0.2) is 22.7 Å². The van der Waals surface area contributed by atoms with E-state index >= 15 is 0 Å². The Morgan fingerprint density at radius 2 is 2.38 bits per heavy atom. The minimum absolute atomic E-state index is 0.286. The van der Waals surface area contributed by atoms with E-state index in [4.69, 9.17) is 9.84 Å². The highest BCUT2D eigenvalue weighted by Gasteiger charge is 2.22. The van der Waals surface area contributed by atoms with Crippen molar-refractivity contribution in [1.29, 1.82) is 0 Å². The summed E-state index contributed by atoms with van der Waals surface area (Å²) in [6, 6.07) is 6.09. The smallest absolute Gasteiger partial charge is 0.133 e. The molecule has 88 valence electrons. The lowest BCUT2D eigenvalue weighted by Gasteiger charge is -2.19. The maximum absolute atomic E-state index is 9.11. The third kappa shape index (κ3) is 2.33. The lowest BCUT2D eigenvalue weighted by Crippen LogP contribution is -2.20. The number of hydrogen-bond donors (Lipinski definition) is 1. The number of benzene rings is 1. The normalized spacial score (nSPS) is 20.2. The molecule has 1 aliphatic rings. The van der Waals surface area contributed by atoms with E-state index in [1.54, 1.807) is 7.11 Å². The van der Waals surface area contributed by atoms with Crippen LogP contribution in [0, 0.1) is 5.92 Å². The molecule has 0 saturated carbocycles. The van der Waals surface area contributed by atoms with Crippen LogP contribution in [-0.2, 0) is 0 Å². The van der Waals surface area contributed by atoms with E-state index in [0.717, 1.165) is 29.7 Å². The Morgan fingerprint density at radius 3 is 2.94 bits per heavy atom. The van der Waals surface area contributed by atoms with Crippen LogP contribution in [0.2, 0.25) is 0 Å². The fourth-order valence-corrected chi connectivity index (χ4v) is 2.60. The van der Waals surface area contributed by atoms with Gasteiger partial charge in [-0.3, -0.25) is 0 Å². The number of hydrogen-bond acceptors (Lipinski definition) is 3. The molecule has 0 radical (unpaired) electrons. The van der Waals surface area contributed by atoms with Crippen LogP contribution in [0.3, 0.4) is 0 Å². The topological polar surface area (TPSA) is 32.7 Å². The Hall–Kier alpha value is -0.740. The third-order valence-electron chi connectivity index (χ3n) is 3.04. The molecule has 0 bridgehead atoms. The van der Waals surface area contributed by atoms with E-state index in [1.165, 1.54) is 5.69 Å². The first-order valence-corrected chi connectivity index (χ1v) is 6.23. The predicted molar refractivity (Wildman–Crippen MR) is 68.1 cm³/mol. The van der Waals surface area contributed by atoms with Crippen LogP contribution in [0.4, 0.5) is 5.69 Å². The van der Waals surface area contributed by atoms with Gasteiger partial charge in [-0.1, -0.05) is 0 Å². The van der Waals surface area contributed by atoms with Gasteiger partial charge in [-0.05, 0) is 40.5 Å². The number of aliphatic hydroxyl groups is 1. The van der Waals surface area contributed by atoms with Crippen molar-refractivity contribution < 1.29 is 9.84 Å². The molecule has 1 fully saturated rings. The van der Waals surface area contributed by atoms with Crippen molar-refractivity contribution in [1.82, 2.24) is 0 Å². The molecule has 1 aromatic carbocycles. The monoisotopic (exact) mass is 285 g/mol. The molecule has 0 amide bonds. The Labute approximate surface area is 104 Å². The highest BCUT2D eigenvalue weighted by molar-refractivity contribution is 9.10. The van der Waals surface area contributed by atoms with E-state index in [-0.39, 0.29) is 6.61 Å². The third-order valence-corrected chi connectivity index (χ3v) is 3.66. The van der Waals surface area contributed by atoms with Gasteiger partial charge in [0.1, 0.15) is 5.75 Å². The zero-order valence-electron chi connectivity index (χ0n) is 9.32. The quantitative estimate of drug-likeness (QED) is 0.925. The van der Waals surface area contributed by atoms with Crippen molar-refractivity contribution in [2.24, 2.45) is 5.92 Å². The van der Waals surface area contributed by atoms with Crippen molar-refractivity contribution in [3.8, 4) is 5.75 Å². The summed E-state index contributed by atoms with van der Waals surface area (Å²) in [6.45, 7) is 2.24. The van der Waals surface area contributed by atoms with E-state index in [2.05, 4.69) is 33.0 Å². The summed E-state index contributed by atoms with van der Waals surface area (Å²) in [5, 5.41) is 9.11. The van der Waals surface area contributed by atoms with Crippen LogP contribution in [-0.4, -0.2) is 31.9 Å². The molecule has 1 heterocycles. The standard InChI is InChI=1S/C12H16BrNO2/c1-16-12-3-2-10(6-11(12)13)14-5-4-9(7-14)8-15/h2-3,6,9,15H,4-5,7-8H2,1H3. The number of aliphatic hydroxyl groups excluding tert-OH is 1. The second-order valence-corrected chi connectivity index (χ2v) is 4.96. The molecule has 1 N–H and O–H groups in total. The fourth-order valence-electron chi connectivity index (χ4n) is 2.07. The first-order chi connectivity index (χ1) is 7.74. The number of nitrogens with zero attached hydrogens (tertiary/aromatic N) is 1. The number of halogens is 1. The van der Waals surface area contributed by atoms with Crippen LogP contribution >= 0.6 is 15.9 Å². The van der Waals surface area contributed by atoms with Crippen molar-refractivity contribution >= 4 is 21.6 Å². The molecule has 2 rings (SSSR count). The van der Waals surface area contributed by atoms with Crippen molar-refractivity contribution in [3.63, 3.8) is 0 Å².